The van der Waals surface area contributed by atoms with Crippen LogP contribution in [0, 0.1) is 0 Å². The lowest BCUT2D eigenvalue weighted by Gasteiger charge is -2.27. The fraction of sp³-hybridized carbons (Fsp3) is 0.533. The zero-order valence-corrected chi connectivity index (χ0v) is 12.4. The van der Waals surface area contributed by atoms with E-state index in [1.54, 1.807) is 0 Å². The zero-order chi connectivity index (χ0) is 13.8. The molecule has 1 aliphatic carbocycles. The molecule has 3 nitrogen and oxygen atoms in total. The first-order chi connectivity index (χ1) is 9.09. The summed E-state index contributed by atoms with van der Waals surface area (Å²) in [5.74, 6) is 0.610. The van der Waals surface area contributed by atoms with Crippen LogP contribution in [0.25, 0.3) is 0 Å². The number of benzene rings is 1. The lowest BCUT2D eigenvalue weighted by Crippen LogP contribution is -2.37. The Morgan fingerprint density at radius 1 is 1.37 bits per heavy atom. The number of rotatable bonds is 3. The highest BCUT2D eigenvalue weighted by atomic mass is 35.5. The summed E-state index contributed by atoms with van der Waals surface area (Å²) in [7, 11) is 1.97. The van der Waals surface area contributed by atoms with Crippen molar-refractivity contribution in [1.82, 2.24) is 4.90 Å². The summed E-state index contributed by atoms with van der Waals surface area (Å²) >= 11 is 6.23. The molecule has 0 bridgehead atoms. The average molecular weight is 280 g/mol. The van der Waals surface area contributed by atoms with Gasteiger partial charge in [0.25, 0.3) is 0 Å². The Hall–Kier alpha value is -1.22. The summed E-state index contributed by atoms with van der Waals surface area (Å²) in [6.07, 6.45) is 4.86. The maximum Gasteiger partial charge on any atom is 0.191 e. The highest BCUT2D eigenvalue weighted by Crippen LogP contribution is 2.27. The molecule has 2 N–H and O–H groups in total. The van der Waals surface area contributed by atoms with E-state index in [-0.39, 0.29) is 6.04 Å². The molecule has 0 amide bonds. The molecule has 1 unspecified atom stereocenters. The summed E-state index contributed by atoms with van der Waals surface area (Å²) in [5.41, 5.74) is 7.20. The number of aliphatic imine (C=N–C) groups is 1. The predicted molar refractivity (Wildman–Crippen MR) is 81.5 cm³/mol. The minimum Gasteiger partial charge on any atom is -0.370 e. The number of hydrogen-bond acceptors (Lipinski definition) is 1. The lowest BCUT2D eigenvalue weighted by molar-refractivity contribution is 0.394. The third-order valence-electron chi connectivity index (χ3n) is 3.94. The third kappa shape index (κ3) is 3.41. The normalized spacial score (nSPS) is 18.6. The summed E-state index contributed by atoms with van der Waals surface area (Å²) in [6, 6.07) is 8.40. The third-order valence-corrected chi connectivity index (χ3v) is 4.28. The molecule has 1 aliphatic rings. The highest BCUT2D eigenvalue weighted by Gasteiger charge is 2.19. The number of nitrogens with two attached hydrogens (primary N) is 1. The van der Waals surface area contributed by atoms with E-state index in [0.29, 0.717) is 12.0 Å². The molecule has 0 aliphatic heterocycles. The van der Waals surface area contributed by atoms with Crippen LogP contribution in [0.4, 0.5) is 0 Å². The van der Waals surface area contributed by atoms with Gasteiger partial charge < -0.3 is 10.6 Å². The van der Waals surface area contributed by atoms with Gasteiger partial charge in [-0.1, -0.05) is 42.6 Å². The van der Waals surface area contributed by atoms with Crippen molar-refractivity contribution in [2.45, 2.75) is 44.7 Å². The van der Waals surface area contributed by atoms with Crippen LogP contribution in [0.3, 0.4) is 0 Å². The minimum absolute atomic E-state index is 0.124. The Kier molecular flexibility index (Phi) is 4.70. The molecule has 0 spiro atoms. The highest BCUT2D eigenvalue weighted by molar-refractivity contribution is 6.31. The zero-order valence-electron chi connectivity index (χ0n) is 11.6. The molecule has 0 heterocycles. The van der Waals surface area contributed by atoms with Crippen molar-refractivity contribution >= 4 is 17.6 Å². The van der Waals surface area contributed by atoms with E-state index in [0.717, 1.165) is 23.4 Å². The molecule has 19 heavy (non-hydrogen) atoms. The van der Waals surface area contributed by atoms with Gasteiger partial charge >= 0.3 is 0 Å². The Balaban J connectivity index is 2.10. The van der Waals surface area contributed by atoms with Crippen LogP contribution in [0.2, 0.25) is 5.02 Å². The molecule has 1 atom stereocenters. The smallest absolute Gasteiger partial charge is 0.191 e. The Bertz CT molecular complexity index is 452. The number of nitrogens with zero attached hydrogens (tertiary/aromatic N) is 2. The van der Waals surface area contributed by atoms with E-state index >= 15 is 0 Å². The second-order valence-electron chi connectivity index (χ2n) is 5.23. The van der Waals surface area contributed by atoms with Crippen LogP contribution in [0.15, 0.2) is 29.3 Å². The minimum atomic E-state index is 0.124. The topological polar surface area (TPSA) is 41.6 Å². The van der Waals surface area contributed by atoms with E-state index in [2.05, 4.69) is 11.9 Å². The second kappa shape index (κ2) is 6.29. The summed E-state index contributed by atoms with van der Waals surface area (Å²) in [4.78, 5) is 6.63. The maximum absolute atomic E-state index is 6.23. The van der Waals surface area contributed by atoms with E-state index < -0.39 is 0 Å². The number of guanidine groups is 1. The van der Waals surface area contributed by atoms with Crippen molar-refractivity contribution in [3.63, 3.8) is 0 Å². The molecule has 2 rings (SSSR count). The van der Waals surface area contributed by atoms with Gasteiger partial charge in [-0.05, 0) is 31.4 Å². The van der Waals surface area contributed by atoms with Crippen LogP contribution in [0.5, 0.6) is 0 Å². The molecular weight excluding hydrogens is 258 g/mol. The van der Waals surface area contributed by atoms with Crippen LogP contribution in [-0.2, 0) is 0 Å². The number of hydrogen-bond donors (Lipinski definition) is 1. The Morgan fingerprint density at radius 2 is 2.00 bits per heavy atom. The summed E-state index contributed by atoms with van der Waals surface area (Å²) < 4.78 is 0. The van der Waals surface area contributed by atoms with Crippen molar-refractivity contribution in [3.05, 3.63) is 34.9 Å². The van der Waals surface area contributed by atoms with Crippen molar-refractivity contribution in [2.75, 3.05) is 7.05 Å². The first-order valence-corrected chi connectivity index (χ1v) is 7.28. The first kappa shape index (κ1) is 14.2. The van der Waals surface area contributed by atoms with Gasteiger partial charge in [0.1, 0.15) is 0 Å². The SMILES string of the molecule is CC(c1ccccc1Cl)N(C)C(N)=NC1CCCC1. The van der Waals surface area contributed by atoms with Gasteiger partial charge in [-0.15, -0.1) is 0 Å². The molecule has 0 radical (unpaired) electrons. The molecule has 0 saturated heterocycles. The van der Waals surface area contributed by atoms with Crippen LogP contribution >= 0.6 is 11.6 Å². The molecule has 104 valence electrons. The average Bonchev–Trinajstić information content (AvgIpc) is 2.90. The van der Waals surface area contributed by atoms with Gasteiger partial charge in [-0.25, -0.2) is 4.99 Å². The fourth-order valence-electron chi connectivity index (χ4n) is 2.53. The molecular formula is C15H22ClN3. The van der Waals surface area contributed by atoms with Crippen molar-refractivity contribution in [2.24, 2.45) is 10.7 Å². The lowest BCUT2D eigenvalue weighted by atomic mass is 10.1. The van der Waals surface area contributed by atoms with Gasteiger partial charge in [0.15, 0.2) is 5.96 Å². The quantitative estimate of drug-likeness (QED) is 0.679. The summed E-state index contributed by atoms with van der Waals surface area (Å²) in [6.45, 7) is 2.10. The summed E-state index contributed by atoms with van der Waals surface area (Å²) in [5, 5.41) is 0.774. The number of halogens is 1. The van der Waals surface area contributed by atoms with Crippen molar-refractivity contribution in [1.29, 1.82) is 0 Å². The molecule has 4 heteroatoms. The Labute approximate surface area is 120 Å². The fourth-order valence-corrected chi connectivity index (χ4v) is 2.83. The van der Waals surface area contributed by atoms with Crippen LogP contribution in [-0.4, -0.2) is 23.9 Å². The van der Waals surface area contributed by atoms with E-state index in [1.165, 1.54) is 12.8 Å². The van der Waals surface area contributed by atoms with E-state index in [1.807, 2.05) is 36.2 Å². The van der Waals surface area contributed by atoms with Gasteiger partial charge in [-0.3, -0.25) is 0 Å². The van der Waals surface area contributed by atoms with Gasteiger partial charge in [0, 0.05) is 12.1 Å². The Morgan fingerprint density at radius 3 is 2.63 bits per heavy atom. The predicted octanol–water partition coefficient (Wildman–Crippen LogP) is 3.59. The van der Waals surface area contributed by atoms with E-state index in [4.69, 9.17) is 17.3 Å². The molecule has 1 fully saturated rings. The monoisotopic (exact) mass is 279 g/mol. The largest absolute Gasteiger partial charge is 0.370 e. The van der Waals surface area contributed by atoms with E-state index in [9.17, 15) is 0 Å². The molecule has 1 aromatic rings. The molecule has 1 saturated carbocycles. The van der Waals surface area contributed by atoms with Gasteiger partial charge in [-0.2, -0.15) is 0 Å². The van der Waals surface area contributed by atoms with Gasteiger partial charge in [0.05, 0.1) is 12.1 Å². The first-order valence-electron chi connectivity index (χ1n) is 6.90. The maximum atomic E-state index is 6.23. The standard InChI is InChI=1S/C15H22ClN3/c1-11(13-9-5-6-10-14(13)16)19(2)15(17)18-12-7-3-4-8-12/h5-6,9-12H,3-4,7-8H2,1-2H3,(H2,17,18). The van der Waals surface area contributed by atoms with Crippen molar-refractivity contribution < 1.29 is 0 Å². The second-order valence-corrected chi connectivity index (χ2v) is 5.64. The van der Waals surface area contributed by atoms with Crippen LogP contribution in [0.1, 0.15) is 44.2 Å². The van der Waals surface area contributed by atoms with Crippen molar-refractivity contribution in [3.8, 4) is 0 Å². The van der Waals surface area contributed by atoms with Crippen LogP contribution < -0.4 is 5.73 Å². The molecule has 1 aromatic carbocycles. The van der Waals surface area contributed by atoms with Gasteiger partial charge in [0.2, 0.25) is 0 Å². The molecule has 0 aromatic heterocycles.